The van der Waals surface area contributed by atoms with Crippen LogP contribution in [0.15, 0.2) is 41.3 Å². The zero-order valence-electron chi connectivity index (χ0n) is 19.2. The highest BCUT2D eigenvalue weighted by Gasteiger charge is 2.36. The fourth-order valence-electron chi connectivity index (χ4n) is 3.16. The van der Waals surface area contributed by atoms with Gasteiger partial charge in [0.25, 0.3) is 17.1 Å². The number of carbonyl (C=O) groups excluding carboxylic acids is 4. The lowest BCUT2D eigenvalue weighted by Crippen LogP contribution is -2.34. The van der Waals surface area contributed by atoms with Gasteiger partial charge in [-0.25, -0.2) is 0 Å². The van der Waals surface area contributed by atoms with Gasteiger partial charge in [0, 0.05) is 5.69 Å². The van der Waals surface area contributed by atoms with Crippen LogP contribution in [0.25, 0.3) is 6.08 Å². The minimum atomic E-state index is -0.687. The van der Waals surface area contributed by atoms with Gasteiger partial charge < -0.3 is 19.5 Å². The Hall–Kier alpha value is -3.79. The number of hydrogen-bond acceptors (Lipinski definition) is 8. The molecule has 3 rings (SSSR count). The normalized spacial score (nSPS) is 14.4. The van der Waals surface area contributed by atoms with E-state index in [1.54, 1.807) is 18.2 Å². The van der Waals surface area contributed by atoms with Gasteiger partial charge in [-0.2, -0.15) is 0 Å². The molecular formula is C24H24N2O7S. The van der Waals surface area contributed by atoms with Crippen LogP contribution in [-0.4, -0.2) is 55.3 Å². The lowest BCUT2D eigenvalue weighted by atomic mass is 10.1. The van der Waals surface area contributed by atoms with E-state index in [2.05, 4.69) is 10.1 Å². The molecule has 1 aliphatic heterocycles. The van der Waals surface area contributed by atoms with Crippen LogP contribution >= 0.6 is 11.8 Å². The molecule has 0 aliphatic carbocycles. The Bertz CT molecular complexity index is 1180. The summed E-state index contributed by atoms with van der Waals surface area (Å²) in [5, 5.41) is 2.26. The number of rotatable bonds is 8. The second-order valence-electron chi connectivity index (χ2n) is 7.41. The number of methoxy groups -OCH3 is 2. The number of hydrogen-bond donors (Lipinski definition) is 1. The van der Waals surface area contributed by atoms with Crippen LogP contribution in [0.4, 0.5) is 10.5 Å². The summed E-state index contributed by atoms with van der Waals surface area (Å²) in [6.07, 6.45) is 1.52. The molecule has 1 fully saturated rings. The van der Waals surface area contributed by atoms with Crippen molar-refractivity contribution >= 4 is 46.5 Å². The van der Waals surface area contributed by atoms with Crippen molar-refractivity contribution in [3.05, 3.63) is 58.0 Å². The van der Waals surface area contributed by atoms with E-state index in [1.165, 1.54) is 20.3 Å². The minimum absolute atomic E-state index is 0.164. The average Bonchev–Trinajstić information content (AvgIpc) is 3.07. The van der Waals surface area contributed by atoms with E-state index in [0.717, 1.165) is 27.8 Å². The predicted octanol–water partition coefficient (Wildman–Crippen LogP) is 3.54. The number of aryl methyl sites for hydroxylation is 2. The number of carbonyl (C=O) groups is 4. The Labute approximate surface area is 201 Å². The quantitative estimate of drug-likeness (QED) is 0.447. The van der Waals surface area contributed by atoms with E-state index in [4.69, 9.17) is 9.47 Å². The fourth-order valence-corrected chi connectivity index (χ4v) is 4.00. The van der Waals surface area contributed by atoms with Gasteiger partial charge in [0.05, 0.1) is 19.1 Å². The van der Waals surface area contributed by atoms with Crippen LogP contribution in [0.1, 0.15) is 16.7 Å². The zero-order chi connectivity index (χ0) is 24.8. The molecule has 0 bridgehead atoms. The largest absolute Gasteiger partial charge is 0.493 e. The number of amides is 3. The van der Waals surface area contributed by atoms with E-state index in [-0.39, 0.29) is 17.4 Å². The highest BCUT2D eigenvalue weighted by Crippen LogP contribution is 2.34. The molecule has 178 valence electrons. The third-order valence-electron chi connectivity index (χ3n) is 4.89. The Balaban J connectivity index is 1.67. The maximum absolute atomic E-state index is 12.5. The van der Waals surface area contributed by atoms with Crippen molar-refractivity contribution in [2.75, 3.05) is 32.7 Å². The molecule has 1 N–H and O–H groups in total. The molecule has 10 heteroatoms. The smallest absolute Gasteiger partial charge is 0.325 e. The Kier molecular flexibility index (Phi) is 7.95. The average molecular weight is 485 g/mol. The highest BCUT2D eigenvalue weighted by molar-refractivity contribution is 8.18. The third kappa shape index (κ3) is 5.96. The second kappa shape index (κ2) is 10.9. The summed E-state index contributed by atoms with van der Waals surface area (Å²) in [6, 6.07) is 10.6. The van der Waals surface area contributed by atoms with Gasteiger partial charge in [-0.3, -0.25) is 24.1 Å². The number of esters is 1. The van der Waals surface area contributed by atoms with Gasteiger partial charge in [0.2, 0.25) is 0 Å². The van der Waals surface area contributed by atoms with Gasteiger partial charge in [-0.05, 0) is 61.0 Å². The standard InChI is InChI=1S/C24H24N2O7S/c1-14-5-7-17(15(2)9-14)25-21(27)13-33-18-8-6-16(10-19(18)31-3)11-20-23(29)26(24(30)34-20)12-22(28)32-4/h5-11H,12-13H2,1-4H3,(H,25,27)/b20-11-. The monoisotopic (exact) mass is 484 g/mol. The Morgan fingerprint density at radius 1 is 1.06 bits per heavy atom. The van der Waals surface area contributed by atoms with Crippen LogP contribution in [0.3, 0.4) is 0 Å². The lowest BCUT2D eigenvalue weighted by Gasteiger charge is -2.13. The van der Waals surface area contributed by atoms with Gasteiger partial charge in [-0.15, -0.1) is 0 Å². The first-order valence-electron chi connectivity index (χ1n) is 10.2. The molecule has 9 nitrogen and oxygen atoms in total. The molecule has 3 amide bonds. The third-order valence-corrected chi connectivity index (χ3v) is 5.80. The van der Waals surface area contributed by atoms with Crippen LogP contribution < -0.4 is 14.8 Å². The first kappa shape index (κ1) is 24.8. The van der Waals surface area contributed by atoms with E-state index in [9.17, 15) is 19.2 Å². The molecule has 2 aromatic rings. The Morgan fingerprint density at radius 2 is 1.82 bits per heavy atom. The van der Waals surface area contributed by atoms with E-state index in [0.29, 0.717) is 22.7 Å². The maximum atomic E-state index is 12.5. The number of anilines is 1. The molecule has 1 saturated heterocycles. The number of nitrogens with one attached hydrogen (secondary N) is 1. The first-order chi connectivity index (χ1) is 16.2. The van der Waals surface area contributed by atoms with E-state index >= 15 is 0 Å². The van der Waals surface area contributed by atoms with Crippen molar-refractivity contribution in [1.82, 2.24) is 4.90 Å². The maximum Gasteiger partial charge on any atom is 0.325 e. The van der Waals surface area contributed by atoms with Crippen molar-refractivity contribution < 1.29 is 33.4 Å². The molecule has 1 aliphatic rings. The Morgan fingerprint density at radius 3 is 2.50 bits per heavy atom. The van der Waals surface area contributed by atoms with Crippen molar-refractivity contribution in [3.63, 3.8) is 0 Å². The van der Waals surface area contributed by atoms with Crippen molar-refractivity contribution in [2.45, 2.75) is 13.8 Å². The lowest BCUT2D eigenvalue weighted by molar-refractivity contribution is -0.143. The summed E-state index contributed by atoms with van der Waals surface area (Å²) >= 11 is 0.730. The molecule has 0 atom stereocenters. The molecule has 0 unspecified atom stereocenters. The van der Waals surface area contributed by atoms with Gasteiger partial charge in [0.1, 0.15) is 6.54 Å². The van der Waals surface area contributed by atoms with Crippen LogP contribution in [0, 0.1) is 13.8 Å². The molecule has 34 heavy (non-hydrogen) atoms. The molecule has 0 aromatic heterocycles. The van der Waals surface area contributed by atoms with Gasteiger partial charge >= 0.3 is 5.97 Å². The van der Waals surface area contributed by atoms with Gasteiger partial charge in [0.15, 0.2) is 18.1 Å². The molecule has 0 radical (unpaired) electrons. The van der Waals surface area contributed by atoms with Crippen molar-refractivity contribution in [2.24, 2.45) is 0 Å². The van der Waals surface area contributed by atoms with Crippen LogP contribution in [0.5, 0.6) is 11.5 Å². The number of imide groups is 1. The number of thioether (sulfide) groups is 1. The summed E-state index contributed by atoms with van der Waals surface area (Å²) in [5.41, 5.74) is 3.34. The SMILES string of the molecule is COC(=O)CN1C(=O)S/C(=C\c2ccc(OCC(=O)Nc3ccc(C)cc3C)c(OC)c2)C1=O. The fraction of sp³-hybridized carbons (Fsp3) is 0.250. The molecule has 0 saturated carbocycles. The summed E-state index contributed by atoms with van der Waals surface area (Å²) in [7, 11) is 2.63. The van der Waals surface area contributed by atoms with Gasteiger partial charge in [-0.1, -0.05) is 23.8 Å². The summed E-state index contributed by atoms with van der Waals surface area (Å²) < 4.78 is 15.5. The number of ether oxygens (including phenoxy) is 3. The van der Waals surface area contributed by atoms with Crippen LogP contribution in [0.2, 0.25) is 0 Å². The van der Waals surface area contributed by atoms with E-state index in [1.807, 2.05) is 32.0 Å². The second-order valence-corrected chi connectivity index (χ2v) is 8.40. The number of nitrogens with zero attached hydrogens (tertiary/aromatic N) is 1. The number of benzene rings is 2. The predicted molar refractivity (Wildman–Crippen MR) is 128 cm³/mol. The summed E-state index contributed by atoms with van der Waals surface area (Å²) in [6.45, 7) is 3.22. The molecule has 2 aromatic carbocycles. The molecule has 0 spiro atoms. The summed E-state index contributed by atoms with van der Waals surface area (Å²) in [4.78, 5) is 49.3. The van der Waals surface area contributed by atoms with Crippen LogP contribution in [-0.2, 0) is 19.1 Å². The van der Waals surface area contributed by atoms with Crippen molar-refractivity contribution in [3.8, 4) is 11.5 Å². The topological polar surface area (TPSA) is 111 Å². The van der Waals surface area contributed by atoms with E-state index < -0.39 is 23.7 Å². The van der Waals surface area contributed by atoms with Crippen molar-refractivity contribution in [1.29, 1.82) is 0 Å². The minimum Gasteiger partial charge on any atom is -0.493 e. The zero-order valence-corrected chi connectivity index (χ0v) is 20.0. The molecule has 1 heterocycles. The highest BCUT2D eigenvalue weighted by atomic mass is 32.2. The first-order valence-corrected chi connectivity index (χ1v) is 11.0. The summed E-state index contributed by atoms with van der Waals surface area (Å²) in [5.74, 6) is -0.899. The molecular weight excluding hydrogens is 460 g/mol.